The molecule has 0 aliphatic heterocycles. The van der Waals surface area contributed by atoms with Crippen LogP contribution in [-0.2, 0) is 12.7 Å². The molecule has 47 heavy (non-hydrogen) atoms. The molecule has 2 N–H and O–H groups in total. The smallest absolute Gasteiger partial charge is 0.421 e. The number of alkyl halides is 3. The lowest BCUT2D eigenvalue weighted by molar-refractivity contribution is -0.138. The first-order valence-corrected chi connectivity index (χ1v) is 14.7. The van der Waals surface area contributed by atoms with E-state index < -0.39 is 17.6 Å². The molecule has 4 heterocycles. The van der Waals surface area contributed by atoms with Gasteiger partial charge in [0.1, 0.15) is 5.56 Å². The highest BCUT2D eigenvalue weighted by atomic mass is 19.4. The molecule has 0 radical (unpaired) electrons. The summed E-state index contributed by atoms with van der Waals surface area (Å²) in [5.41, 5.74) is 1.05. The van der Waals surface area contributed by atoms with E-state index in [2.05, 4.69) is 50.7 Å². The van der Waals surface area contributed by atoms with Crippen LogP contribution in [0.3, 0.4) is 0 Å². The minimum atomic E-state index is -4.69. The maximum absolute atomic E-state index is 13.6. The number of hydrogen-bond acceptors (Lipinski definition) is 11. The van der Waals surface area contributed by atoms with Crippen LogP contribution < -0.4 is 20.3 Å². The molecule has 0 unspecified atom stereocenters. The Kier molecular flexibility index (Phi) is 9.12. The minimum Gasteiger partial charge on any atom is -0.467 e. The van der Waals surface area contributed by atoms with Gasteiger partial charge in [-0.25, -0.2) is 24.7 Å². The number of ether oxygens (including phenoxy) is 1. The van der Waals surface area contributed by atoms with E-state index in [-0.39, 0.29) is 30.1 Å². The van der Waals surface area contributed by atoms with Crippen LogP contribution in [0.2, 0.25) is 0 Å². The zero-order valence-electron chi connectivity index (χ0n) is 25.0. The van der Waals surface area contributed by atoms with E-state index in [1.165, 1.54) is 25.7 Å². The lowest BCUT2D eigenvalue weighted by Crippen LogP contribution is -2.49. The van der Waals surface area contributed by atoms with E-state index >= 15 is 0 Å². The molecule has 1 fully saturated rings. The summed E-state index contributed by atoms with van der Waals surface area (Å²) >= 11 is 0. The van der Waals surface area contributed by atoms with Crippen molar-refractivity contribution >= 4 is 17.8 Å². The lowest BCUT2D eigenvalue weighted by atomic mass is 9.90. The lowest BCUT2D eigenvalue weighted by Gasteiger charge is -2.36. The summed E-state index contributed by atoms with van der Waals surface area (Å²) < 4.78 is 45.9. The van der Waals surface area contributed by atoms with Crippen molar-refractivity contribution < 1.29 is 22.7 Å². The zero-order valence-corrected chi connectivity index (χ0v) is 25.0. The molecule has 242 valence electrons. The molecule has 17 heteroatoms. The third-order valence-electron chi connectivity index (χ3n) is 7.57. The number of rotatable bonds is 9. The zero-order chi connectivity index (χ0) is 32.8. The van der Waals surface area contributed by atoms with Crippen LogP contribution in [0.25, 0.3) is 17.1 Å². The first-order chi connectivity index (χ1) is 22.8. The van der Waals surface area contributed by atoms with Crippen LogP contribution in [0.4, 0.5) is 29.7 Å². The van der Waals surface area contributed by atoms with Crippen LogP contribution >= 0.6 is 0 Å². The highest BCUT2D eigenvalue weighted by Gasteiger charge is 2.37. The molecule has 1 aliphatic rings. The molecular weight excluding hydrogens is 617 g/mol. The number of benzene rings is 1. The molecule has 1 aromatic carbocycles. The van der Waals surface area contributed by atoms with E-state index in [1.54, 1.807) is 23.5 Å². The van der Waals surface area contributed by atoms with Crippen molar-refractivity contribution in [3.05, 3.63) is 84.8 Å². The summed E-state index contributed by atoms with van der Waals surface area (Å²) in [4.78, 5) is 41.4. The minimum absolute atomic E-state index is 0.0233. The highest BCUT2D eigenvalue weighted by Crippen LogP contribution is 2.33. The quantitative estimate of drug-likeness (QED) is 0.232. The Balaban J connectivity index is 1.17. The van der Waals surface area contributed by atoms with Crippen molar-refractivity contribution in [2.75, 3.05) is 17.3 Å². The van der Waals surface area contributed by atoms with Crippen molar-refractivity contribution in [2.24, 2.45) is 0 Å². The monoisotopic (exact) mass is 646 g/mol. The number of methoxy groups -OCH3 is 1. The molecule has 4 aromatic heterocycles. The maximum Gasteiger partial charge on any atom is 0.421 e. The number of anilines is 2. The van der Waals surface area contributed by atoms with Gasteiger partial charge in [-0.3, -0.25) is 9.88 Å². The molecule has 1 aliphatic carbocycles. The normalized spacial score (nSPS) is 16.3. The molecule has 1 saturated carbocycles. The molecule has 0 bridgehead atoms. The molecule has 0 spiro atoms. The van der Waals surface area contributed by atoms with E-state index in [1.807, 2.05) is 30.3 Å². The van der Waals surface area contributed by atoms with E-state index in [9.17, 15) is 18.0 Å². The molecule has 5 aromatic rings. The topological polar surface area (TPSA) is 162 Å². The first-order valence-electron chi connectivity index (χ1n) is 14.7. The van der Waals surface area contributed by atoms with Gasteiger partial charge in [-0.1, -0.05) is 30.3 Å². The Labute approximate surface area is 266 Å². The number of carbonyl (C=O) groups is 1. The average Bonchev–Trinajstić information content (AvgIpc) is 3.64. The SMILES string of the molecule is COc1ncc(-c2cnc(N(C(=O)NCc3ccccc3)C3CCC(Nc4ncc(C(F)(F)F)c(-n5nccn5)n4)CC3)cn2)cn1. The fourth-order valence-corrected chi connectivity index (χ4v) is 5.25. The summed E-state index contributed by atoms with van der Waals surface area (Å²) in [6.45, 7) is 0.320. The van der Waals surface area contributed by atoms with Gasteiger partial charge in [0.25, 0.3) is 0 Å². The molecule has 14 nitrogen and oxygen atoms in total. The number of nitrogens with zero attached hydrogens (tertiary/aromatic N) is 10. The van der Waals surface area contributed by atoms with Crippen LogP contribution in [0, 0.1) is 0 Å². The van der Waals surface area contributed by atoms with Gasteiger partial charge in [0.2, 0.25) is 5.95 Å². The van der Waals surface area contributed by atoms with Crippen LogP contribution in [0.5, 0.6) is 6.01 Å². The fourth-order valence-electron chi connectivity index (χ4n) is 5.25. The fraction of sp³-hybridized carbons (Fsp3) is 0.300. The summed E-state index contributed by atoms with van der Waals surface area (Å²) in [7, 11) is 1.48. The summed E-state index contributed by atoms with van der Waals surface area (Å²) in [6.07, 6.45) is 7.11. The molecular formula is C30H29F3N12O2. The molecule has 0 atom stereocenters. The second-order valence-corrected chi connectivity index (χ2v) is 10.6. The maximum atomic E-state index is 13.6. The van der Waals surface area contributed by atoms with Gasteiger partial charge in [0, 0.05) is 42.8 Å². The van der Waals surface area contributed by atoms with Gasteiger partial charge >= 0.3 is 18.2 Å². The number of nitrogens with one attached hydrogen (secondary N) is 2. The Morgan fingerprint density at radius 1 is 0.936 bits per heavy atom. The largest absolute Gasteiger partial charge is 0.467 e. The standard InChI is InChI=1S/C30H29F3N12O2/c1-47-28-37-14-20(15-38-28)24-17-35-25(18-34-24)44(29(46)39-13-19-5-3-2-4-6-19)22-9-7-21(8-10-22)42-27-36-16-23(30(31,32)33)26(43-27)45-40-11-12-41-45/h2-6,11-12,14-18,21-22H,7-10,13H2,1H3,(H,39,46)(H,36,42,43). The van der Waals surface area contributed by atoms with E-state index in [0.29, 0.717) is 49.3 Å². The number of carbonyl (C=O) groups excluding carboxylic acids is 1. The van der Waals surface area contributed by atoms with Crippen molar-refractivity contribution in [3.8, 4) is 23.1 Å². The van der Waals surface area contributed by atoms with Crippen molar-refractivity contribution in [1.29, 1.82) is 0 Å². The van der Waals surface area contributed by atoms with E-state index in [0.717, 1.165) is 16.6 Å². The molecule has 2 amide bonds. The summed E-state index contributed by atoms with van der Waals surface area (Å²) in [5, 5.41) is 13.7. The van der Waals surface area contributed by atoms with Crippen molar-refractivity contribution in [1.82, 2.24) is 50.2 Å². The average molecular weight is 647 g/mol. The third kappa shape index (κ3) is 7.40. The summed E-state index contributed by atoms with van der Waals surface area (Å²) in [5.74, 6) is -0.0825. The van der Waals surface area contributed by atoms with Crippen LogP contribution in [-0.4, -0.2) is 70.1 Å². The van der Waals surface area contributed by atoms with Crippen molar-refractivity contribution in [2.45, 2.75) is 50.5 Å². The number of hydrogen-bond donors (Lipinski definition) is 2. The Morgan fingerprint density at radius 2 is 1.66 bits per heavy atom. The van der Waals surface area contributed by atoms with E-state index in [4.69, 9.17) is 4.74 Å². The number of aromatic nitrogens is 9. The van der Waals surface area contributed by atoms with Crippen LogP contribution in [0.1, 0.15) is 36.8 Å². The predicted octanol–water partition coefficient (Wildman–Crippen LogP) is 4.47. The van der Waals surface area contributed by atoms with Gasteiger partial charge < -0.3 is 15.4 Å². The second-order valence-electron chi connectivity index (χ2n) is 10.6. The van der Waals surface area contributed by atoms with Gasteiger partial charge in [0.05, 0.1) is 37.6 Å². The Morgan fingerprint density at radius 3 is 2.30 bits per heavy atom. The number of halogens is 3. The van der Waals surface area contributed by atoms with Crippen molar-refractivity contribution in [3.63, 3.8) is 0 Å². The molecule has 0 saturated heterocycles. The van der Waals surface area contributed by atoms with Crippen LogP contribution in [0.15, 0.2) is 73.7 Å². The number of amides is 2. The first kappa shape index (κ1) is 31.3. The Hall–Kier alpha value is -5.74. The highest BCUT2D eigenvalue weighted by molar-refractivity contribution is 5.91. The summed E-state index contributed by atoms with van der Waals surface area (Å²) in [6, 6.07) is 9.05. The third-order valence-corrected chi connectivity index (χ3v) is 7.57. The van der Waals surface area contributed by atoms with Gasteiger partial charge in [0.15, 0.2) is 11.6 Å². The van der Waals surface area contributed by atoms with Gasteiger partial charge in [-0.15, -0.1) is 4.80 Å². The van der Waals surface area contributed by atoms with Gasteiger partial charge in [-0.2, -0.15) is 28.4 Å². The number of urea groups is 1. The Bertz CT molecular complexity index is 1770. The second kappa shape index (κ2) is 13.7. The predicted molar refractivity (Wildman–Crippen MR) is 162 cm³/mol. The molecule has 6 rings (SSSR count). The van der Waals surface area contributed by atoms with Gasteiger partial charge in [-0.05, 0) is 31.2 Å².